The zero-order valence-corrected chi connectivity index (χ0v) is 13.3. The number of hydrogen-bond donors (Lipinski definition) is 0. The Morgan fingerprint density at radius 1 is 0.850 bits per heavy atom. The van der Waals surface area contributed by atoms with Crippen LogP contribution < -0.4 is 0 Å². The second-order valence-electron chi connectivity index (χ2n) is 5.31. The lowest BCUT2D eigenvalue weighted by Gasteiger charge is -2.01. The van der Waals surface area contributed by atoms with E-state index in [9.17, 15) is 9.59 Å². The van der Waals surface area contributed by atoms with Gasteiger partial charge in [-0.1, -0.05) is 28.9 Å². The van der Waals surface area contributed by atoms with Gasteiger partial charge < -0.3 is 4.74 Å². The van der Waals surface area contributed by atoms with Crippen molar-refractivity contribution in [2.45, 2.75) is 60.3 Å². The number of allylic oxidation sites excluding steroid dienone is 5. The molecule has 0 N–H and O–H groups in total. The number of carbonyl (C=O) groups is 2. The lowest BCUT2D eigenvalue weighted by molar-refractivity contribution is -0.154. The predicted octanol–water partition coefficient (Wildman–Crippen LogP) is 4.50. The van der Waals surface area contributed by atoms with Crippen LogP contribution >= 0.6 is 0 Å². The first-order valence-electron chi connectivity index (χ1n) is 6.99. The van der Waals surface area contributed by atoms with Crippen molar-refractivity contribution in [2.24, 2.45) is 0 Å². The van der Waals surface area contributed by atoms with Gasteiger partial charge in [0.05, 0.1) is 0 Å². The summed E-state index contributed by atoms with van der Waals surface area (Å²) in [6, 6.07) is 0. The fraction of sp³-hybridized carbons (Fsp3) is 0.529. The molecule has 0 heterocycles. The highest BCUT2D eigenvalue weighted by Crippen LogP contribution is 2.11. The molecule has 112 valence electrons. The predicted molar refractivity (Wildman–Crippen MR) is 82.2 cm³/mol. The zero-order chi connectivity index (χ0) is 15.5. The van der Waals surface area contributed by atoms with Crippen LogP contribution in [0.25, 0.3) is 0 Å². The van der Waals surface area contributed by atoms with Crippen LogP contribution in [0.4, 0.5) is 0 Å². The highest BCUT2D eigenvalue weighted by molar-refractivity contribution is 5.91. The van der Waals surface area contributed by atoms with E-state index in [1.165, 1.54) is 24.1 Å². The molecule has 0 saturated carbocycles. The zero-order valence-electron chi connectivity index (χ0n) is 13.3. The average Bonchev–Trinajstić information content (AvgIpc) is 2.26. The minimum atomic E-state index is -0.584. The fourth-order valence-corrected chi connectivity index (χ4v) is 1.68. The Kier molecular flexibility index (Phi) is 9.35. The van der Waals surface area contributed by atoms with Crippen molar-refractivity contribution in [3.63, 3.8) is 0 Å². The SMILES string of the molecule is CC(=O)OC(=O)/C=C(\C)CC/C=C(\C)CCC=C(C)C. The second kappa shape index (κ2) is 10.2. The third-order valence-corrected chi connectivity index (χ3v) is 2.73. The van der Waals surface area contributed by atoms with Crippen molar-refractivity contribution < 1.29 is 14.3 Å². The van der Waals surface area contributed by atoms with Crippen molar-refractivity contribution in [2.75, 3.05) is 0 Å². The molecule has 3 heteroatoms. The highest BCUT2D eigenvalue weighted by Gasteiger charge is 2.02. The molecule has 0 aliphatic rings. The number of hydrogen-bond acceptors (Lipinski definition) is 3. The van der Waals surface area contributed by atoms with Gasteiger partial charge in [0.1, 0.15) is 0 Å². The summed E-state index contributed by atoms with van der Waals surface area (Å²) in [5.41, 5.74) is 3.63. The number of ether oxygens (including phenoxy) is 1. The van der Waals surface area contributed by atoms with E-state index in [0.29, 0.717) is 0 Å². The van der Waals surface area contributed by atoms with Gasteiger partial charge in [-0.15, -0.1) is 0 Å². The molecule has 3 nitrogen and oxygen atoms in total. The van der Waals surface area contributed by atoms with Crippen LogP contribution in [-0.4, -0.2) is 11.9 Å². The van der Waals surface area contributed by atoms with Crippen LogP contribution in [0, 0.1) is 0 Å². The smallest absolute Gasteiger partial charge is 0.338 e. The van der Waals surface area contributed by atoms with Gasteiger partial charge in [0.2, 0.25) is 0 Å². The topological polar surface area (TPSA) is 43.4 Å². The molecule has 0 atom stereocenters. The van der Waals surface area contributed by atoms with Gasteiger partial charge in [-0.3, -0.25) is 4.79 Å². The summed E-state index contributed by atoms with van der Waals surface area (Å²) in [6.07, 6.45) is 9.66. The van der Waals surface area contributed by atoms with E-state index in [4.69, 9.17) is 0 Å². The summed E-state index contributed by atoms with van der Waals surface area (Å²) in [7, 11) is 0. The largest absolute Gasteiger partial charge is 0.390 e. The van der Waals surface area contributed by atoms with Crippen molar-refractivity contribution in [1.82, 2.24) is 0 Å². The van der Waals surface area contributed by atoms with E-state index >= 15 is 0 Å². The van der Waals surface area contributed by atoms with Crippen LogP contribution in [0.2, 0.25) is 0 Å². The quantitative estimate of drug-likeness (QED) is 0.298. The van der Waals surface area contributed by atoms with Gasteiger partial charge in [0.25, 0.3) is 0 Å². The van der Waals surface area contributed by atoms with Crippen LogP contribution in [0.15, 0.2) is 34.9 Å². The van der Waals surface area contributed by atoms with E-state index < -0.39 is 11.9 Å². The monoisotopic (exact) mass is 278 g/mol. The molecule has 0 aliphatic carbocycles. The Bertz CT molecular complexity index is 422. The van der Waals surface area contributed by atoms with E-state index in [1.54, 1.807) is 0 Å². The second-order valence-corrected chi connectivity index (χ2v) is 5.31. The van der Waals surface area contributed by atoms with Crippen molar-refractivity contribution in [3.8, 4) is 0 Å². The molecule has 0 rings (SSSR count). The molecule has 0 radical (unpaired) electrons. The van der Waals surface area contributed by atoms with E-state index in [0.717, 1.165) is 31.3 Å². The molecule has 0 unspecified atom stereocenters. The summed E-state index contributed by atoms with van der Waals surface area (Å²) in [4.78, 5) is 21.8. The molecular formula is C17H26O3. The normalized spacial score (nSPS) is 12.1. The standard InChI is InChI=1S/C17H26O3/c1-13(2)8-6-9-14(3)10-7-11-15(4)12-17(19)20-16(5)18/h8,10,12H,6-7,9,11H2,1-5H3/b14-10+,15-12+. The Balaban J connectivity index is 4.08. The van der Waals surface area contributed by atoms with Crippen molar-refractivity contribution >= 4 is 11.9 Å². The maximum Gasteiger partial charge on any atom is 0.338 e. The molecule has 0 bridgehead atoms. The minimum absolute atomic E-state index is 0.575. The highest BCUT2D eigenvalue weighted by atomic mass is 16.6. The maximum atomic E-state index is 11.2. The molecule has 0 aromatic rings. The molecule has 20 heavy (non-hydrogen) atoms. The van der Waals surface area contributed by atoms with Gasteiger partial charge in [-0.25, -0.2) is 4.79 Å². The molecule has 0 amide bonds. The Hall–Kier alpha value is -1.64. The molecule has 0 saturated heterocycles. The Morgan fingerprint density at radius 3 is 1.95 bits per heavy atom. The van der Waals surface area contributed by atoms with Gasteiger partial charge in [0.15, 0.2) is 0 Å². The molecular weight excluding hydrogens is 252 g/mol. The third-order valence-electron chi connectivity index (χ3n) is 2.73. The first-order chi connectivity index (χ1) is 9.31. The Morgan fingerprint density at radius 2 is 1.40 bits per heavy atom. The average molecular weight is 278 g/mol. The lowest BCUT2D eigenvalue weighted by Crippen LogP contribution is -2.06. The first-order valence-corrected chi connectivity index (χ1v) is 6.99. The summed E-state index contributed by atoms with van der Waals surface area (Å²) in [6.45, 7) is 9.43. The summed E-state index contributed by atoms with van der Waals surface area (Å²) in [5.74, 6) is -1.16. The van der Waals surface area contributed by atoms with Gasteiger partial charge in [-0.05, 0) is 53.4 Å². The number of rotatable bonds is 7. The summed E-state index contributed by atoms with van der Waals surface area (Å²) < 4.78 is 4.45. The van der Waals surface area contributed by atoms with Crippen molar-refractivity contribution in [3.05, 3.63) is 34.9 Å². The van der Waals surface area contributed by atoms with Crippen LogP contribution in [0.1, 0.15) is 60.3 Å². The molecule has 0 aromatic heterocycles. The van der Waals surface area contributed by atoms with Gasteiger partial charge in [0, 0.05) is 13.0 Å². The van der Waals surface area contributed by atoms with Crippen LogP contribution in [0.3, 0.4) is 0 Å². The summed E-state index contributed by atoms with van der Waals surface area (Å²) >= 11 is 0. The fourth-order valence-electron chi connectivity index (χ4n) is 1.68. The van der Waals surface area contributed by atoms with Gasteiger partial charge >= 0.3 is 11.9 Å². The summed E-state index contributed by atoms with van der Waals surface area (Å²) in [5, 5.41) is 0. The Labute approximate surface area is 122 Å². The van der Waals surface area contributed by atoms with E-state index in [-0.39, 0.29) is 0 Å². The van der Waals surface area contributed by atoms with Gasteiger partial charge in [-0.2, -0.15) is 0 Å². The molecule has 0 aromatic carbocycles. The molecule has 0 fully saturated rings. The van der Waals surface area contributed by atoms with Crippen LogP contribution in [0.5, 0.6) is 0 Å². The number of carbonyl (C=O) groups excluding carboxylic acids is 2. The molecule has 0 spiro atoms. The molecule has 0 aliphatic heterocycles. The third kappa shape index (κ3) is 11.5. The number of esters is 2. The maximum absolute atomic E-state index is 11.2. The minimum Gasteiger partial charge on any atom is -0.390 e. The van der Waals surface area contributed by atoms with E-state index in [1.807, 2.05) is 6.92 Å². The first kappa shape index (κ1) is 18.4. The van der Waals surface area contributed by atoms with Crippen LogP contribution in [-0.2, 0) is 14.3 Å². The van der Waals surface area contributed by atoms with Crippen molar-refractivity contribution in [1.29, 1.82) is 0 Å². The van der Waals surface area contributed by atoms with E-state index in [2.05, 4.69) is 37.7 Å². The lowest BCUT2D eigenvalue weighted by atomic mass is 10.1.